The molecule has 0 spiro atoms. The summed E-state index contributed by atoms with van der Waals surface area (Å²) >= 11 is 0. The molecule has 4 heteroatoms. The van der Waals surface area contributed by atoms with E-state index in [1.165, 1.54) is 6.08 Å². The zero-order valence-electron chi connectivity index (χ0n) is 6.87. The highest BCUT2D eigenvalue weighted by atomic mass is 16.1. The first-order chi connectivity index (χ1) is 5.83. The lowest BCUT2D eigenvalue weighted by Gasteiger charge is -1.97. The monoisotopic (exact) mass is 165 g/mol. The summed E-state index contributed by atoms with van der Waals surface area (Å²) < 4.78 is 0. The molecule has 2 N–H and O–H groups in total. The lowest BCUT2D eigenvalue weighted by molar-refractivity contribution is -0.116. The first-order valence-electron chi connectivity index (χ1n) is 3.70. The number of carbonyl (C=O) groups is 1. The van der Waals surface area contributed by atoms with Gasteiger partial charge in [-0.25, -0.2) is 4.98 Å². The summed E-state index contributed by atoms with van der Waals surface area (Å²) in [5.41, 5.74) is 0.896. The van der Waals surface area contributed by atoms with Crippen molar-refractivity contribution in [1.82, 2.24) is 15.3 Å². The maximum atomic E-state index is 10.9. The summed E-state index contributed by atoms with van der Waals surface area (Å²) in [4.78, 5) is 17.6. The van der Waals surface area contributed by atoms with E-state index in [4.69, 9.17) is 0 Å². The second kappa shape index (κ2) is 4.33. The SMILES string of the molecule is C/C=C/C(=O)NCc1cnc[nH]1. The van der Waals surface area contributed by atoms with E-state index >= 15 is 0 Å². The van der Waals surface area contributed by atoms with Gasteiger partial charge in [0.05, 0.1) is 18.6 Å². The second-order valence-corrected chi connectivity index (χ2v) is 2.29. The van der Waals surface area contributed by atoms with Crippen molar-refractivity contribution in [1.29, 1.82) is 0 Å². The Bertz CT molecular complexity index is 264. The minimum absolute atomic E-state index is 0.0906. The number of rotatable bonds is 3. The van der Waals surface area contributed by atoms with E-state index in [0.717, 1.165) is 5.69 Å². The number of nitrogens with one attached hydrogen (secondary N) is 2. The van der Waals surface area contributed by atoms with Crippen LogP contribution in [0.2, 0.25) is 0 Å². The molecule has 1 aromatic rings. The van der Waals surface area contributed by atoms with Crippen LogP contribution in [0.5, 0.6) is 0 Å². The Balaban J connectivity index is 2.31. The molecule has 0 atom stereocenters. The minimum atomic E-state index is -0.0906. The van der Waals surface area contributed by atoms with E-state index in [1.54, 1.807) is 25.5 Å². The third-order valence-electron chi connectivity index (χ3n) is 1.33. The van der Waals surface area contributed by atoms with Crippen molar-refractivity contribution < 1.29 is 4.79 Å². The number of carbonyl (C=O) groups excluding carboxylic acids is 1. The smallest absolute Gasteiger partial charge is 0.243 e. The molecule has 0 aliphatic carbocycles. The van der Waals surface area contributed by atoms with E-state index in [1.807, 2.05) is 0 Å². The molecule has 1 aromatic heterocycles. The van der Waals surface area contributed by atoms with Gasteiger partial charge in [0, 0.05) is 6.20 Å². The van der Waals surface area contributed by atoms with Gasteiger partial charge in [0.2, 0.25) is 5.91 Å². The Labute approximate surface area is 70.7 Å². The second-order valence-electron chi connectivity index (χ2n) is 2.29. The van der Waals surface area contributed by atoms with Crippen LogP contribution in [0.15, 0.2) is 24.7 Å². The first-order valence-corrected chi connectivity index (χ1v) is 3.70. The molecule has 0 radical (unpaired) electrons. The van der Waals surface area contributed by atoms with E-state index in [2.05, 4.69) is 15.3 Å². The number of amides is 1. The number of aromatic amines is 1. The fraction of sp³-hybridized carbons (Fsp3) is 0.250. The van der Waals surface area contributed by atoms with Crippen LogP contribution in [0.3, 0.4) is 0 Å². The van der Waals surface area contributed by atoms with E-state index < -0.39 is 0 Å². The van der Waals surface area contributed by atoms with Crippen LogP contribution in [-0.2, 0) is 11.3 Å². The number of nitrogens with zero attached hydrogens (tertiary/aromatic N) is 1. The lowest BCUT2D eigenvalue weighted by atomic mass is 10.4. The molecule has 0 aromatic carbocycles. The summed E-state index contributed by atoms with van der Waals surface area (Å²) in [6, 6.07) is 0. The van der Waals surface area contributed by atoms with Crippen molar-refractivity contribution in [2.45, 2.75) is 13.5 Å². The molecule has 0 saturated carbocycles. The highest BCUT2D eigenvalue weighted by Gasteiger charge is 1.95. The molecule has 0 fully saturated rings. The van der Waals surface area contributed by atoms with Gasteiger partial charge in [0.25, 0.3) is 0 Å². The van der Waals surface area contributed by atoms with Gasteiger partial charge in [-0.3, -0.25) is 4.79 Å². The zero-order chi connectivity index (χ0) is 8.81. The fourth-order valence-corrected chi connectivity index (χ4v) is 0.774. The number of H-pyrrole nitrogens is 1. The third-order valence-corrected chi connectivity index (χ3v) is 1.33. The summed E-state index contributed by atoms with van der Waals surface area (Å²) in [5.74, 6) is -0.0906. The van der Waals surface area contributed by atoms with Crippen molar-refractivity contribution in [2.24, 2.45) is 0 Å². The topological polar surface area (TPSA) is 57.8 Å². The van der Waals surface area contributed by atoms with Crippen molar-refractivity contribution in [2.75, 3.05) is 0 Å². The predicted octanol–water partition coefficient (Wildman–Crippen LogP) is 0.602. The van der Waals surface area contributed by atoms with Crippen LogP contribution in [0.4, 0.5) is 0 Å². The Morgan fingerprint density at radius 3 is 3.25 bits per heavy atom. The van der Waals surface area contributed by atoms with Gasteiger partial charge in [-0.1, -0.05) is 6.08 Å². The standard InChI is InChI=1S/C8H11N3O/c1-2-3-8(12)10-5-7-4-9-6-11-7/h2-4,6H,5H2,1H3,(H,9,11)(H,10,12)/b3-2+. The molecule has 0 bridgehead atoms. The molecule has 0 aliphatic rings. The molecule has 1 heterocycles. The van der Waals surface area contributed by atoms with Gasteiger partial charge in [-0.05, 0) is 13.0 Å². The molecule has 0 unspecified atom stereocenters. The quantitative estimate of drug-likeness (QED) is 0.644. The average molecular weight is 165 g/mol. The van der Waals surface area contributed by atoms with Crippen LogP contribution < -0.4 is 5.32 Å². The predicted molar refractivity (Wildman–Crippen MR) is 45.2 cm³/mol. The van der Waals surface area contributed by atoms with Gasteiger partial charge < -0.3 is 10.3 Å². The summed E-state index contributed by atoms with van der Waals surface area (Å²) in [7, 11) is 0. The highest BCUT2D eigenvalue weighted by molar-refractivity contribution is 5.87. The van der Waals surface area contributed by atoms with Crippen LogP contribution in [0.1, 0.15) is 12.6 Å². The van der Waals surface area contributed by atoms with Crippen molar-refractivity contribution in [3.05, 3.63) is 30.4 Å². The maximum Gasteiger partial charge on any atom is 0.243 e. The fourth-order valence-electron chi connectivity index (χ4n) is 0.774. The first kappa shape index (κ1) is 8.52. The Hall–Kier alpha value is -1.58. The van der Waals surface area contributed by atoms with E-state index in [9.17, 15) is 4.79 Å². The molecule has 64 valence electrons. The molecule has 4 nitrogen and oxygen atoms in total. The van der Waals surface area contributed by atoms with E-state index in [-0.39, 0.29) is 5.91 Å². The van der Waals surface area contributed by atoms with Crippen LogP contribution in [0.25, 0.3) is 0 Å². The number of aromatic nitrogens is 2. The molecular formula is C8H11N3O. The summed E-state index contributed by atoms with van der Waals surface area (Å²) in [6.07, 6.45) is 6.44. The molecule has 12 heavy (non-hydrogen) atoms. The van der Waals surface area contributed by atoms with Crippen molar-refractivity contribution in [3.8, 4) is 0 Å². The maximum absolute atomic E-state index is 10.9. The Kier molecular flexibility index (Phi) is 3.07. The van der Waals surface area contributed by atoms with Gasteiger partial charge in [0.15, 0.2) is 0 Å². The highest BCUT2D eigenvalue weighted by Crippen LogP contribution is 1.88. The van der Waals surface area contributed by atoms with Crippen LogP contribution in [-0.4, -0.2) is 15.9 Å². The third kappa shape index (κ3) is 2.57. The normalized spacial score (nSPS) is 10.4. The van der Waals surface area contributed by atoms with E-state index in [0.29, 0.717) is 6.54 Å². The average Bonchev–Trinajstić information content (AvgIpc) is 2.53. The number of allylic oxidation sites excluding steroid dienone is 1. The minimum Gasteiger partial charge on any atom is -0.347 e. The van der Waals surface area contributed by atoms with Gasteiger partial charge >= 0.3 is 0 Å². The number of hydrogen-bond acceptors (Lipinski definition) is 2. The molecule has 1 amide bonds. The molecule has 0 saturated heterocycles. The lowest BCUT2D eigenvalue weighted by Crippen LogP contribution is -2.20. The molecular weight excluding hydrogens is 154 g/mol. The Morgan fingerprint density at radius 2 is 2.67 bits per heavy atom. The number of imidazole rings is 1. The Morgan fingerprint density at radius 1 is 1.83 bits per heavy atom. The largest absolute Gasteiger partial charge is 0.347 e. The van der Waals surface area contributed by atoms with Gasteiger partial charge in [-0.2, -0.15) is 0 Å². The van der Waals surface area contributed by atoms with Crippen LogP contribution >= 0.6 is 0 Å². The molecule has 1 rings (SSSR count). The van der Waals surface area contributed by atoms with Gasteiger partial charge in [0.1, 0.15) is 0 Å². The summed E-state index contributed by atoms with van der Waals surface area (Å²) in [6.45, 7) is 2.29. The molecule has 0 aliphatic heterocycles. The van der Waals surface area contributed by atoms with Crippen molar-refractivity contribution in [3.63, 3.8) is 0 Å². The summed E-state index contributed by atoms with van der Waals surface area (Å²) in [5, 5.41) is 2.69. The van der Waals surface area contributed by atoms with Gasteiger partial charge in [-0.15, -0.1) is 0 Å². The zero-order valence-corrected chi connectivity index (χ0v) is 6.87. The van der Waals surface area contributed by atoms with Crippen LogP contribution in [0, 0.1) is 0 Å². The van der Waals surface area contributed by atoms with Crippen molar-refractivity contribution >= 4 is 5.91 Å². The number of hydrogen-bond donors (Lipinski definition) is 2.